The van der Waals surface area contributed by atoms with Crippen molar-refractivity contribution in [1.82, 2.24) is 5.32 Å². The molecule has 2 aliphatic carbocycles. The first kappa shape index (κ1) is 18.3. The maximum Gasteiger partial charge on any atom is 0.247 e. The highest BCUT2D eigenvalue weighted by molar-refractivity contribution is 6.32. The fourth-order valence-corrected chi connectivity index (χ4v) is 5.83. The number of nitrogens with one attached hydrogen (secondary N) is 1. The summed E-state index contributed by atoms with van der Waals surface area (Å²) in [5, 5.41) is 3.43. The van der Waals surface area contributed by atoms with Crippen LogP contribution in [0.1, 0.15) is 54.1 Å². The van der Waals surface area contributed by atoms with Gasteiger partial charge in [-0.3, -0.25) is 14.4 Å². The number of ketones is 2. The number of amides is 1. The van der Waals surface area contributed by atoms with E-state index in [0.29, 0.717) is 41.8 Å². The summed E-state index contributed by atoms with van der Waals surface area (Å²) in [4.78, 5) is 43.2. The van der Waals surface area contributed by atoms with Crippen molar-refractivity contribution in [3.8, 4) is 0 Å². The number of Topliss-reactive ketones (excluding diaryl/α,β-unsaturated/α-hetero) is 2. The number of para-hydroxylation sites is 1. The molecule has 2 aliphatic heterocycles. The summed E-state index contributed by atoms with van der Waals surface area (Å²) in [5.74, 6) is -0.372. The van der Waals surface area contributed by atoms with E-state index in [1.54, 1.807) is 11.0 Å². The van der Waals surface area contributed by atoms with Crippen molar-refractivity contribution in [1.29, 1.82) is 0 Å². The van der Waals surface area contributed by atoms with Gasteiger partial charge in [-0.05, 0) is 25.3 Å². The monoisotopic (exact) mass is 410 g/mol. The van der Waals surface area contributed by atoms with Gasteiger partial charge in [-0.2, -0.15) is 0 Å². The van der Waals surface area contributed by atoms with E-state index in [4.69, 9.17) is 0 Å². The van der Waals surface area contributed by atoms with Crippen LogP contribution in [0.2, 0.25) is 0 Å². The van der Waals surface area contributed by atoms with E-state index in [2.05, 4.69) is 5.32 Å². The smallest absolute Gasteiger partial charge is 0.247 e. The molecular weight excluding hydrogens is 388 g/mol. The molecule has 0 aromatic heterocycles. The Labute approximate surface area is 180 Å². The topological polar surface area (TPSA) is 66.5 Å². The van der Waals surface area contributed by atoms with Crippen molar-refractivity contribution >= 4 is 28.9 Å². The zero-order valence-electron chi connectivity index (χ0n) is 17.3. The summed E-state index contributed by atoms with van der Waals surface area (Å²) in [6.07, 6.45) is 2.62. The largest absolute Gasteiger partial charge is 0.358 e. The number of benzene rings is 2. The van der Waals surface area contributed by atoms with Gasteiger partial charge in [-0.25, -0.2) is 0 Å². The fourth-order valence-electron chi connectivity index (χ4n) is 5.83. The Morgan fingerprint density at radius 3 is 2.48 bits per heavy atom. The van der Waals surface area contributed by atoms with Gasteiger partial charge >= 0.3 is 0 Å². The summed E-state index contributed by atoms with van der Waals surface area (Å²) < 4.78 is 0. The molecule has 0 radical (unpaired) electrons. The molecular formula is C26H22N2O3. The van der Waals surface area contributed by atoms with Gasteiger partial charge in [0.2, 0.25) is 5.91 Å². The molecule has 0 fully saturated rings. The fraction of sp³-hybridized carbons (Fsp3) is 0.269. The zero-order chi connectivity index (χ0) is 21.3. The van der Waals surface area contributed by atoms with Gasteiger partial charge in [0, 0.05) is 52.2 Å². The number of carbonyl (C=O) groups is 3. The number of carbonyl (C=O) groups excluding carboxylic acids is 3. The molecule has 1 spiro atoms. The predicted octanol–water partition coefficient (Wildman–Crippen LogP) is 3.90. The third kappa shape index (κ3) is 2.08. The molecule has 2 aromatic rings. The molecule has 4 aliphatic rings. The summed E-state index contributed by atoms with van der Waals surface area (Å²) in [7, 11) is 0. The van der Waals surface area contributed by atoms with E-state index in [0.717, 1.165) is 35.4 Å². The number of dihydropyridines is 1. The first-order valence-corrected chi connectivity index (χ1v) is 10.9. The highest BCUT2D eigenvalue weighted by atomic mass is 16.2. The first-order chi connectivity index (χ1) is 15.1. The quantitative estimate of drug-likeness (QED) is 0.816. The van der Waals surface area contributed by atoms with Crippen LogP contribution in [0.25, 0.3) is 5.70 Å². The molecule has 5 heteroatoms. The molecule has 0 saturated heterocycles. The number of hydrogen-bond acceptors (Lipinski definition) is 4. The van der Waals surface area contributed by atoms with Crippen molar-refractivity contribution in [2.24, 2.45) is 0 Å². The lowest BCUT2D eigenvalue weighted by molar-refractivity contribution is -0.124. The number of nitrogens with zero attached hydrogens (tertiary/aromatic N) is 1. The Morgan fingerprint density at radius 2 is 1.68 bits per heavy atom. The molecule has 6 rings (SSSR count). The molecule has 0 saturated carbocycles. The van der Waals surface area contributed by atoms with Crippen LogP contribution < -0.4 is 10.2 Å². The maximum absolute atomic E-state index is 14.3. The Hall–Kier alpha value is -3.47. The van der Waals surface area contributed by atoms with E-state index >= 15 is 0 Å². The normalized spacial score (nSPS) is 23.8. The van der Waals surface area contributed by atoms with Gasteiger partial charge in [0.05, 0.1) is 5.70 Å². The second-order valence-corrected chi connectivity index (χ2v) is 8.60. The number of rotatable bonds is 2. The molecule has 1 atom stereocenters. The maximum atomic E-state index is 14.3. The van der Waals surface area contributed by atoms with Gasteiger partial charge in [-0.1, -0.05) is 49.4 Å². The van der Waals surface area contributed by atoms with E-state index in [1.165, 1.54) is 0 Å². The molecule has 0 bridgehead atoms. The lowest BCUT2D eigenvalue weighted by Gasteiger charge is -2.39. The van der Waals surface area contributed by atoms with E-state index in [1.807, 2.05) is 49.4 Å². The highest BCUT2D eigenvalue weighted by Gasteiger charge is 2.63. The number of hydrogen-bond donors (Lipinski definition) is 1. The minimum atomic E-state index is -1.37. The first-order valence-electron chi connectivity index (χ1n) is 10.9. The van der Waals surface area contributed by atoms with Gasteiger partial charge in [-0.15, -0.1) is 0 Å². The third-order valence-electron chi connectivity index (χ3n) is 6.97. The molecule has 5 nitrogen and oxygen atoms in total. The average molecular weight is 410 g/mol. The van der Waals surface area contributed by atoms with Gasteiger partial charge < -0.3 is 10.2 Å². The Balaban J connectivity index is 1.73. The van der Waals surface area contributed by atoms with Crippen LogP contribution in [0, 0.1) is 0 Å². The Bertz CT molecular complexity index is 1270. The third-order valence-corrected chi connectivity index (χ3v) is 6.97. The predicted molar refractivity (Wildman–Crippen MR) is 117 cm³/mol. The number of allylic oxidation sites excluding steroid dienone is 1. The summed E-state index contributed by atoms with van der Waals surface area (Å²) in [6, 6.07) is 15.1. The standard InChI is InChI=1S/C26H22N2O3/c1-2-14-28-19-12-6-5-10-17(19)26(25(28)31)21-18(11-7-13-20(21)29)27-23-15-8-3-4-9-16(15)24(30)22(23)26/h3-6,8-10,12,27H,2,7,11,13-14H2,1H3. The van der Waals surface area contributed by atoms with Crippen LogP contribution in [-0.4, -0.2) is 24.0 Å². The zero-order valence-corrected chi connectivity index (χ0v) is 17.3. The van der Waals surface area contributed by atoms with E-state index < -0.39 is 5.41 Å². The Kier molecular flexibility index (Phi) is 3.70. The molecule has 1 unspecified atom stereocenters. The summed E-state index contributed by atoms with van der Waals surface area (Å²) >= 11 is 0. The van der Waals surface area contributed by atoms with Crippen molar-refractivity contribution < 1.29 is 14.4 Å². The summed E-state index contributed by atoms with van der Waals surface area (Å²) in [5.41, 5.74) is 3.97. The van der Waals surface area contributed by atoms with Crippen LogP contribution in [0.5, 0.6) is 0 Å². The average Bonchev–Trinajstić information content (AvgIpc) is 3.20. The molecule has 31 heavy (non-hydrogen) atoms. The second-order valence-electron chi connectivity index (χ2n) is 8.60. The van der Waals surface area contributed by atoms with Gasteiger partial charge in [0.15, 0.2) is 11.6 Å². The number of fused-ring (bicyclic) bond motifs is 6. The minimum Gasteiger partial charge on any atom is -0.358 e. The van der Waals surface area contributed by atoms with Gasteiger partial charge in [0.25, 0.3) is 0 Å². The van der Waals surface area contributed by atoms with Crippen LogP contribution in [0.3, 0.4) is 0 Å². The van der Waals surface area contributed by atoms with Crippen molar-refractivity contribution in [2.45, 2.75) is 38.0 Å². The number of anilines is 1. The minimum absolute atomic E-state index is 0.0365. The molecule has 1 amide bonds. The van der Waals surface area contributed by atoms with Crippen molar-refractivity contribution in [2.75, 3.05) is 11.4 Å². The van der Waals surface area contributed by atoms with E-state index in [9.17, 15) is 14.4 Å². The summed E-state index contributed by atoms with van der Waals surface area (Å²) in [6.45, 7) is 2.58. The van der Waals surface area contributed by atoms with E-state index in [-0.39, 0.29) is 17.5 Å². The molecule has 2 aromatic carbocycles. The molecule has 1 N–H and O–H groups in total. The van der Waals surface area contributed by atoms with Crippen LogP contribution in [0.4, 0.5) is 5.69 Å². The Morgan fingerprint density at radius 1 is 0.935 bits per heavy atom. The van der Waals surface area contributed by atoms with Crippen molar-refractivity contribution in [3.63, 3.8) is 0 Å². The van der Waals surface area contributed by atoms with Crippen LogP contribution in [-0.2, 0) is 15.0 Å². The molecule has 154 valence electrons. The highest BCUT2D eigenvalue weighted by Crippen LogP contribution is 2.58. The molecule has 2 heterocycles. The van der Waals surface area contributed by atoms with Crippen LogP contribution in [0.15, 0.2) is 65.4 Å². The van der Waals surface area contributed by atoms with Gasteiger partial charge in [0.1, 0.15) is 5.41 Å². The lowest BCUT2D eigenvalue weighted by atomic mass is 9.63. The SMILES string of the molecule is CCCN1C(=O)C2(C3=C(CCCC3=O)NC3=C2C(=O)c2ccccc23)c2ccccc21. The van der Waals surface area contributed by atoms with Crippen molar-refractivity contribution in [3.05, 3.63) is 82.1 Å². The van der Waals surface area contributed by atoms with Crippen LogP contribution >= 0.6 is 0 Å². The lowest BCUT2D eigenvalue weighted by Crippen LogP contribution is -2.51. The second kappa shape index (κ2) is 6.27.